The topological polar surface area (TPSA) is 175 Å². The van der Waals surface area contributed by atoms with Crippen molar-refractivity contribution in [2.75, 3.05) is 51.8 Å². The monoisotopic (exact) mass is 879 g/mol. The summed E-state index contributed by atoms with van der Waals surface area (Å²) in [6, 6.07) is 10.5. The Morgan fingerprint density at radius 1 is 0.793 bits per heavy atom. The number of nitrogens with zero attached hydrogens (tertiary/aromatic N) is 1. The molecular formula is C41H55N2O11S4+. The Morgan fingerprint density at radius 2 is 1.45 bits per heavy atom. The third-order valence-corrected chi connectivity index (χ3v) is 14.8. The van der Waals surface area contributed by atoms with Crippen LogP contribution in [-0.4, -0.2) is 88.9 Å². The number of unbranched alkanes of at least 4 members (excludes halogenated alkanes) is 2. The van der Waals surface area contributed by atoms with Crippen LogP contribution in [-0.2, 0) is 75.7 Å². The normalized spacial score (nSPS) is 21.6. The molecule has 2 aromatic rings. The fourth-order valence-electron chi connectivity index (χ4n) is 7.47. The zero-order chi connectivity index (χ0) is 42.5. The minimum atomic E-state index is -3.98. The molecule has 2 N–H and O–H groups in total. The number of benzene rings is 2. The number of hydrogen-bond donors (Lipinski definition) is 2. The second-order valence-electron chi connectivity index (χ2n) is 14.2. The van der Waals surface area contributed by atoms with Gasteiger partial charge >= 0.3 is 5.97 Å². The summed E-state index contributed by atoms with van der Waals surface area (Å²) in [5, 5.41) is 12.7. The standard InChI is InChI=1S/C41H54N2O11S4/c1-40(24-15-27-55(46)51-3)33-29-31(57(48)53-5)20-22-35(33)42-37(40)17-11-8-7-9-12-18-38-41(2,25-16-28-56(47)52-4)34-30-32(58(49,50)54-6)21-23-36(34)43(38)26-14-10-13-19-39(44)45/h7-9,11-12,17-18,20-23,29-30H,10,13-16,19,24-28H2,1-6H3,(H,44,45)/p+1. The average molecular weight is 880 g/mol. The Hall–Kier alpha value is -3.42. The van der Waals surface area contributed by atoms with E-state index in [4.69, 9.17) is 21.8 Å². The summed E-state index contributed by atoms with van der Waals surface area (Å²) in [6.45, 7) is 4.74. The molecule has 0 aromatic heterocycles. The molecule has 0 aliphatic carbocycles. The molecule has 0 saturated heterocycles. The van der Waals surface area contributed by atoms with Gasteiger partial charge in [-0.1, -0.05) is 30.4 Å². The molecule has 2 aromatic carbocycles. The van der Waals surface area contributed by atoms with Crippen molar-refractivity contribution in [3.8, 4) is 0 Å². The fourth-order valence-corrected chi connectivity index (χ4v) is 9.84. The van der Waals surface area contributed by atoms with Crippen molar-refractivity contribution in [1.29, 1.82) is 0 Å². The van der Waals surface area contributed by atoms with Crippen molar-refractivity contribution >= 4 is 66.4 Å². The second kappa shape index (κ2) is 21.7. The number of carboxylic acids is 1. The number of fused-ring (bicyclic) bond motifs is 2. The SMILES string of the molecule is COS(=O)CCCC1(C)C(/C=C/C=C/C=C/C=C2/Nc3ccc(S(=O)OC)cc3C2(C)CCCS(=O)OC)=[N+](CCCCCC(=O)O)c2ccc(S(=O)(=O)OC)cc21. The molecule has 4 rings (SSSR count). The molecule has 17 heteroatoms. The van der Waals surface area contributed by atoms with Crippen molar-refractivity contribution in [3.63, 3.8) is 0 Å². The van der Waals surface area contributed by atoms with Gasteiger partial charge in [-0.15, -0.1) is 0 Å². The van der Waals surface area contributed by atoms with Crippen LogP contribution in [0.5, 0.6) is 0 Å². The van der Waals surface area contributed by atoms with E-state index in [0.29, 0.717) is 67.9 Å². The van der Waals surface area contributed by atoms with Gasteiger partial charge in [-0.3, -0.25) is 21.5 Å². The first-order chi connectivity index (χ1) is 27.6. The number of aliphatic carboxylic acids is 1. The summed E-state index contributed by atoms with van der Waals surface area (Å²) in [5.74, 6) is -0.143. The highest BCUT2D eigenvalue weighted by atomic mass is 32.2. The van der Waals surface area contributed by atoms with Crippen molar-refractivity contribution in [2.45, 2.75) is 85.8 Å². The van der Waals surface area contributed by atoms with Gasteiger partial charge < -0.3 is 10.4 Å². The highest BCUT2D eigenvalue weighted by Crippen LogP contribution is 2.48. The van der Waals surface area contributed by atoms with Gasteiger partial charge in [0, 0.05) is 58.9 Å². The maximum absolute atomic E-state index is 12.8. The van der Waals surface area contributed by atoms with Gasteiger partial charge in [0.15, 0.2) is 39.0 Å². The lowest BCUT2D eigenvalue weighted by molar-refractivity contribution is -0.438. The molecule has 0 fully saturated rings. The minimum absolute atomic E-state index is 0.0394. The molecule has 2 aliphatic rings. The summed E-state index contributed by atoms with van der Waals surface area (Å²) in [4.78, 5) is 11.7. The Balaban J connectivity index is 1.65. The van der Waals surface area contributed by atoms with E-state index in [1.807, 2.05) is 54.7 Å². The maximum Gasteiger partial charge on any atom is 0.303 e. The number of allylic oxidation sites excluding steroid dienone is 8. The van der Waals surface area contributed by atoms with E-state index in [2.05, 4.69) is 23.7 Å². The molecule has 0 bridgehead atoms. The Morgan fingerprint density at radius 3 is 2.09 bits per heavy atom. The van der Waals surface area contributed by atoms with Crippen LogP contribution in [0.15, 0.2) is 94.4 Å². The third-order valence-electron chi connectivity index (χ3n) is 10.6. The predicted molar refractivity (Wildman–Crippen MR) is 229 cm³/mol. The fraction of sp³-hybridized carbons (Fsp3) is 0.463. The number of carboxylic acid groups (broad SMARTS) is 1. The van der Waals surface area contributed by atoms with Gasteiger partial charge in [0.1, 0.15) is 6.54 Å². The Kier molecular flexibility index (Phi) is 17.7. The third kappa shape index (κ3) is 11.6. The summed E-state index contributed by atoms with van der Waals surface area (Å²) in [6.07, 6.45) is 18.0. The summed E-state index contributed by atoms with van der Waals surface area (Å²) in [5.41, 5.74) is 4.23. The van der Waals surface area contributed by atoms with E-state index in [0.717, 1.165) is 41.0 Å². The Bertz CT molecular complexity index is 2150. The van der Waals surface area contributed by atoms with E-state index in [9.17, 15) is 25.8 Å². The van der Waals surface area contributed by atoms with Crippen LogP contribution in [0.1, 0.15) is 76.3 Å². The van der Waals surface area contributed by atoms with Crippen molar-refractivity contribution in [2.24, 2.45) is 0 Å². The molecule has 5 unspecified atom stereocenters. The molecule has 58 heavy (non-hydrogen) atoms. The van der Waals surface area contributed by atoms with Gasteiger partial charge in [0.2, 0.25) is 5.69 Å². The van der Waals surface area contributed by atoms with E-state index in [1.165, 1.54) is 27.4 Å². The molecule has 318 valence electrons. The van der Waals surface area contributed by atoms with Gasteiger partial charge in [-0.2, -0.15) is 13.0 Å². The first kappa shape index (κ1) is 47.3. The van der Waals surface area contributed by atoms with E-state index < -0.39 is 60.2 Å². The minimum Gasteiger partial charge on any atom is -0.481 e. The van der Waals surface area contributed by atoms with Crippen molar-refractivity contribution < 1.29 is 52.3 Å². The van der Waals surface area contributed by atoms with Crippen molar-refractivity contribution in [1.82, 2.24) is 0 Å². The van der Waals surface area contributed by atoms with Gasteiger partial charge in [0.25, 0.3) is 10.1 Å². The summed E-state index contributed by atoms with van der Waals surface area (Å²) < 4.78 is 84.4. The zero-order valence-corrected chi connectivity index (χ0v) is 37.2. The number of hydrogen-bond acceptors (Lipinski definition) is 11. The van der Waals surface area contributed by atoms with Crippen LogP contribution in [0.25, 0.3) is 0 Å². The van der Waals surface area contributed by atoms with Crippen LogP contribution in [0, 0.1) is 0 Å². The molecule has 13 nitrogen and oxygen atoms in total. The molecule has 0 amide bonds. The second-order valence-corrected chi connectivity index (χ2v) is 19.9. The molecule has 0 radical (unpaired) electrons. The lowest BCUT2D eigenvalue weighted by atomic mass is 9.76. The average Bonchev–Trinajstić information content (AvgIpc) is 3.62. The number of carbonyl (C=O) groups is 1. The van der Waals surface area contributed by atoms with Crippen LogP contribution >= 0.6 is 0 Å². The van der Waals surface area contributed by atoms with Gasteiger partial charge in [-0.25, -0.2) is 12.6 Å². The smallest absolute Gasteiger partial charge is 0.303 e. The van der Waals surface area contributed by atoms with Crippen molar-refractivity contribution in [3.05, 3.63) is 95.8 Å². The predicted octanol–water partition coefficient (Wildman–Crippen LogP) is 6.81. The highest BCUT2D eigenvalue weighted by Gasteiger charge is 2.48. The van der Waals surface area contributed by atoms with Gasteiger partial charge in [-0.05, 0) is 94.3 Å². The van der Waals surface area contributed by atoms with Crippen LogP contribution in [0.4, 0.5) is 11.4 Å². The number of rotatable bonds is 24. The van der Waals surface area contributed by atoms with Gasteiger partial charge in [0.05, 0.1) is 43.6 Å². The Labute approximate surface area is 350 Å². The lowest BCUT2D eigenvalue weighted by Crippen LogP contribution is -2.32. The molecular weight excluding hydrogens is 825 g/mol. The van der Waals surface area contributed by atoms with Crippen LogP contribution < -0.4 is 5.32 Å². The first-order valence-electron chi connectivity index (χ1n) is 18.9. The van der Waals surface area contributed by atoms with Crippen LogP contribution in [0.2, 0.25) is 0 Å². The number of anilines is 1. The highest BCUT2D eigenvalue weighted by molar-refractivity contribution is 7.86. The molecule has 2 heterocycles. The first-order valence-corrected chi connectivity index (χ1v) is 23.9. The van der Waals surface area contributed by atoms with E-state index in [1.54, 1.807) is 18.2 Å². The molecule has 0 spiro atoms. The summed E-state index contributed by atoms with van der Waals surface area (Å²) in [7, 11) is 1.36. The number of nitrogens with one attached hydrogen (secondary N) is 1. The summed E-state index contributed by atoms with van der Waals surface area (Å²) >= 11 is -4.44. The van der Waals surface area contributed by atoms with E-state index in [-0.39, 0.29) is 11.3 Å². The van der Waals surface area contributed by atoms with Crippen LogP contribution in [0.3, 0.4) is 0 Å². The largest absolute Gasteiger partial charge is 0.481 e. The molecule has 0 saturated carbocycles. The quantitative estimate of drug-likeness (QED) is 0.0489. The zero-order valence-electron chi connectivity index (χ0n) is 33.9. The lowest BCUT2D eigenvalue weighted by Gasteiger charge is -2.26. The molecule has 5 atom stereocenters. The van der Waals surface area contributed by atoms with E-state index >= 15 is 0 Å². The molecule has 2 aliphatic heterocycles. The maximum atomic E-state index is 12.8.